The van der Waals surface area contributed by atoms with Gasteiger partial charge in [0.05, 0.1) is 21.2 Å². The highest BCUT2D eigenvalue weighted by Gasteiger charge is 2.22. The maximum atomic E-state index is 14.8. The van der Waals surface area contributed by atoms with E-state index in [2.05, 4.69) is 9.71 Å². The molecule has 8 heteroatoms. The van der Waals surface area contributed by atoms with Crippen LogP contribution in [0.5, 0.6) is 0 Å². The molecule has 4 aromatic rings. The van der Waals surface area contributed by atoms with Crippen molar-refractivity contribution in [2.75, 3.05) is 4.72 Å². The van der Waals surface area contributed by atoms with Gasteiger partial charge >= 0.3 is 0 Å². The van der Waals surface area contributed by atoms with Crippen molar-refractivity contribution in [2.45, 2.75) is 4.90 Å². The summed E-state index contributed by atoms with van der Waals surface area (Å²) in [6, 6.07) is 12.5. The number of hydrogen-bond acceptors (Lipinski definition) is 2. The van der Waals surface area contributed by atoms with Crippen LogP contribution >= 0.6 is 23.2 Å². The monoisotopic (exact) mass is 408 g/mol. The fraction of sp³-hybridized carbons (Fsp3) is 0. The van der Waals surface area contributed by atoms with E-state index in [1.807, 2.05) is 0 Å². The molecule has 0 fully saturated rings. The summed E-state index contributed by atoms with van der Waals surface area (Å²) < 4.78 is 42.7. The van der Waals surface area contributed by atoms with Crippen LogP contribution < -0.4 is 4.72 Å². The van der Waals surface area contributed by atoms with Crippen molar-refractivity contribution in [3.63, 3.8) is 0 Å². The molecule has 132 valence electrons. The third kappa shape index (κ3) is 2.70. The van der Waals surface area contributed by atoms with E-state index in [9.17, 15) is 12.8 Å². The first-order valence-corrected chi connectivity index (χ1v) is 9.77. The number of aromatic nitrogens is 1. The molecule has 0 aliphatic carbocycles. The van der Waals surface area contributed by atoms with Crippen LogP contribution in [0.4, 0.5) is 10.1 Å². The van der Waals surface area contributed by atoms with Gasteiger partial charge in [-0.2, -0.15) is 0 Å². The van der Waals surface area contributed by atoms with Crippen molar-refractivity contribution in [2.24, 2.45) is 0 Å². The number of sulfonamides is 1. The number of benzene rings is 3. The average molecular weight is 409 g/mol. The number of hydrogen-bond donors (Lipinski definition) is 2. The summed E-state index contributed by atoms with van der Waals surface area (Å²) >= 11 is 12.2. The summed E-state index contributed by atoms with van der Waals surface area (Å²) in [6.07, 6.45) is 1.51. The Morgan fingerprint density at radius 1 is 0.962 bits per heavy atom. The summed E-state index contributed by atoms with van der Waals surface area (Å²) in [5.74, 6) is -0.801. The Bertz CT molecular complexity index is 1270. The Balaban J connectivity index is 1.84. The fourth-order valence-corrected chi connectivity index (χ4v) is 4.60. The zero-order chi connectivity index (χ0) is 18.5. The SMILES string of the molecule is O=S(=O)(Nc1ccc(Cl)c2c(Cl)c[nH]c12)c1ccc2ccccc2c1F. The molecular formula is C18H11Cl2FN2O2S. The lowest BCUT2D eigenvalue weighted by Gasteiger charge is -2.12. The van der Waals surface area contributed by atoms with E-state index < -0.39 is 20.7 Å². The van der Waals surface area contributed by atoms with E-state index in [4.69, 9.17) is 23.2 Å². The molecule has 0 radical (unpaired) electrons. The molecule has 3 aromatic carbocycles. The minimum atomic E-state index is -4.16. The van der Waals surface area contributed by atoms with Gasteiger partial charge in [-0.15, -0.1) is 0 Å². The molecule has 0 aliphatic heterocycles. The third-order valence-electron chi connectivity index (χ3n) is 4.10. The minimum Gasteiger partial charge on any atom is -0.358 e. The Morgan fingerprint density at radius 2 is 1.73 bits per heavy atom. The number of aromatic amines is 1. The van der Waals surface area contributed by atoms with E-state index in [1.54, 1.807) is 24.3 Å². The molecule has 1 aromatic heterocycles. The number of rotatable bonds is 3. The second-order valence-electron chi connectivity index (χ2n) is 5.69. The van der Waals surface area contributed by atoms with Gasteiger partial charge in [-0.05, 0) is 23.6 Å². The maximum absolute atomic E-state index is 14.8. The fourth-order valence-electron chi connectivity index (χ4n) is 2.87. The summed E-state index contributed by atoms with van der Waals surface area (Å²) in [7, 11) is -4.16. The van der Waals surface area contributed by atoms with Gasteiger partial charge in [0, 0.05) is 17.0 Å². The van der Waals surface area contributed by atoms with Crippen molar-refractivity contribution in [3.8, 4) is 0 Å². The number of H-pyrrole nitrogens is 1. The first kappa shape index (κ1) is 17.1. The van der Waals surface area contributed by atoms with Crippen molar-refractivity contribution in [1.29, 1.82) is 0 Å². The lowest BCUT2D eigenvalue weighted by atomic mass is 10.1. The molecule has 26 heavy (non-hydrogen) atoms. The van der Waals surface area contributed by atoms with E-state index in [1.165, 1.54) is 30.5 Å². The topological polar surface area (TPSA) is 62.0 Å². The van der Waals surface area contributed by atoms with E-state index in [-0.39, 0.29) is 11.1 Å². The first-order chi connectivity index (χ1) is 12.4. The molecule has 4 nitrogen and oxygen atoms in total. The van der Waals surface area contributed by atoms with E-state index in [0.717, 1.165) is 0 Å². The molecule has 0 spiro atoms. The molecule has 0 aliphatic rings. The molecule has 0 unspecified atom stereocenters. The molecule has 1 heterocycles. The van der Waals surface area contributed by atoms with Crippen LogP contribution in [-0.4, -0.2) is 13.4 Å². The Morgan fingerprint density at radius 3 is 2.54 bits per heavy atom. The predicted molar refractivity (Wildman–Crippen MR) is 103 cm³/mol. The second-order valence-corrected chi connectivity index (χ2v) is 8.15. The number of anilines is 1. The van der Waals surface area contributed by atoms with Gasteiger partial charge in [0.15, 0.2) is 5.82 Å². The molecule has 0 atom stereocenters. The van der Waals surface area contributed by atoms with Crippen LogP contribution in [0.2, 0.25) is 10.0 Å². The molecule has 0 bridgehead atoms. The zero-order valence-electron chi connectivity index (χ0n) is 13.1. The number of fused-ring (bicyclic) bond motifs is 2. The summed E-state index contributed by atoms with van der Waals surface area (Å²) in [6.45, 7) is 0. The van der Waals surface area contributed by atoms with Crippen molar-refractivity contribution >= 4 is 60.6 Å². The highest BCUT2D eigenvalue weighted by atomic mass is 35.5. The lowest BCUT2D eigenvalue weighted by molar-refractivity contribution is 0.576. The van der Waals surface area contributed by atoms with Gasteiger partial charge in [0.25, 0.3) is 10.0 Å². The maximum Gasteiger partial charge on any atom is 0.264 e. The minimum absolute atomic E-state index is 0.226. The smallest absolute Gasteiger partial charge is 0.264 e. The summed E-state index contributed by atoms with van der Waals surface area (Å²) in [4.78, 5) is 2.45. The molecular weight excluding hydrogens is 398 g/mol. The van der Waals surface area contributed by atoms with Gasteiger partial charge in [0.2, 0.25) is 0 Å². The average Bonchev–Trinajstić information content (AvgIpc) is 3.00. The Labute approximate surface area is 158 Å². The summed E-state index contributed by atoms with van der Waals surface area (Å²) in [5, 5.41) is 2.09. The molecule has 2 N–H and O–H groups in total. The van der Waals surface area contributed by atoms with Crippen LogP contribution in [0, 0.1) is 5.82 Å². The highest BCUT2D eigenvalue weighted by Crippen LogP contribution is 2.35. The number of halogens is 3. The lowest BCUT2D eigenvalue weighted by Crippen LogP contribution is -2.15. The third-order valence-corrected chi connectivity index (χ3v) is 6.09. The van der Waals surface area contributed by atoms with Crippen LogP contribution in [-0.2, 0) is 10.0 Å². The van der Waals surface area contributed by atoms with E-state index in [0.29, 0.717) is 26.3 Å². The largest absolute Gasteiger partial charge is 0.358 e. The van der Waals surface area contributed by atoms with Gasteiger partial charge in [0.1, 0.15) is 4.90 Å². The van der Waals surface area contributed by atoms with Crippen molar-refractivity contribution in [1.82, 2.24) is 4.98 Å². The highest BCUT2D eigenvalue weighted by molar-refractivity contribution is 7.92. The Kier molecular flexibility index (Phi) is 4.06. The van der Waals surface area contributed by atoms with Crippen molar-refractivity contribution in [3.05, 3.63) is 70.6 Å². The van der Waals surface area contributed by atoms with Gasteiger partial charge < -0.3 is 4.98 Å². The Hall–Kier alpha value is -2.28. The van der Waals surface area contributed by atoms with Crippen LogP contribution in [0.1, 0.15) is 0 Å². The second kappa shape index (κ2) is 6.16. The van der Waals surface area contributed by atoms with Crippen LogP contribution in [0.15, 0.2) is 59.6 Å². The predicted octanol–water partition coefficient (Wildman–Crippen LogP) is 5.57. The molecule has 0 amide bonds. The van der Waals surface area contributed by atoms with Gasteiger partial charge in [-0.1, -0.05) is 53.5 Å². The van der Waals surface area contributed by atoms with Crippen molar-refractivity contribution < 1.29 is 12.8 Å². The molecule has 0 saturated carbocycles. The first-order valence-electron chi connectivity index (χ1n) is 7.53. The molecule has 0 saturated heterocycles. The van der Waals surface area contributed by atoms with E-state index >= 15 is 0 Å². The van der Waals surface area contributed by atoms with Gasteiger partial charge in [-0.3, -0.25) is 4.72 Å². The normalized spacial score (nSPS) is 12.0. The number of nitrogens with one attached hydrogen (secondary N) is 2. The van der Waals surface area contributed by atoms with Crippen LogP contribution in [0.25, 0.3) is 21.7 Å². The standard InChI is InChI=1S/C18H11Cl2FN2O2S/c19-12-6-7-14(18-16(12)13(20)9-22-18)23-26(24,25)15-8-5-10-3-1-2-4-11(10)17(15)21/h1-9,22-23H. The summed E-state index contributed by atoms with van der Waals surface area (Å²) in [5.41, 5.74) is 0.649. The van der Waals surface area contributed by atoms with Gasteiger partial charge in [-0.25, -0.2) is 12.8 Å². The quantitative estimate of drug-likeness (QED) is 0.465. The zero-order valence-corrected chi connectivity index (χ0v) is 15.4. The van der Waals surface area contributed by atoms with Crippen LogP contribution in [0.3, 0.4) is 0 Å². The molecule has 4 rings (SSSR count).